The second kappa shape index (κ2) is 7.29. The Morgan fingerprint density at radius 2 is 1.81 bits per heavy atom. The Kier molecular flexibility index (Phi) is 6.37. The molecule has 2 heteroatoms. The number of aliphatic hydroxyl groups is 1. The van der Waals surface area contributed by atoms with Crippen molar-refractivity contribution in [2.24, 2.45) is 11.8 Å². The molecule has 16 heavy (non-hydrogen) atoms. The van der Waals surface area contributed by atoms with Crippen LogP contribution < -0.4 is 0 Å². The van der Waals surface area contributed by atoms with E-state index in [0.717, 1.165) is 25.6 Å². The van der Waals surface area contributed by atoms with Gasteiger partial charge in [-0.15, -0.1) is 0 Å². The van der Waals surface area contributed by atoms with Crippen LogP contribution in [0.2, 0.25) is 0 Å². The van der Waals surface area contributed by atoms with E-state index in [1.807, 2.05) is 0 Å². The van der Waals surface area contributed by atoms with Gasteiger partial charge in [0.05, 0.1) is 6.10 Å². The zero-order valence-electron chi connectivity index (χ0n) is 11.3. The largest absolute Gasteiger partial charge is 0.392 e. The third-order valence-corrected chi connectivity index (χ3v) is 4.10. The second-order valence-electron chi connectivity index (χ2n) is 5.48. The molecule has 1 aliphatic rings. The van der Waals surface area contributed by atoms with Crippen molar-refractivity contribution >= 4 is 0 Å². The molecule has 0 amide bonds. The molecule has 0 aromatic carbocycles. The molecule has 2 nitrogen and oxygen atoms in total. The van der Waals surface area contributed by atoms with E-state index in [2.05, 4.69) is 25.7 Å². The minimum Gasteiger partial charge on any atom is -0.392 e. The van der Waals surface area contributed by atoms with Crippen molar-refractivity contribution < 1.29 is 5.11 Å². The lowest BCUT2D eigenvalue weighted by atomic mass is 10.00. The van der Waals surface area contributed by atoms with Crippen molar-refractivity contribution in [2.45, 2.75) is 59.0 Å². The molecule has 0 saturated heterocycles. The van der Waals surface area contributed by atoms with Gasteiger partial charge in [-0.3, -0.25) is 0 Å². The summed E-state index contributed by atoms with van der Waals surface area (Å²) in [6.45, 7) is 9.82. The molecule has 1 fully saturated rings. The van der Waals surface area contributed by atoms with Crippen molar-refractivity contribution in [1.82, 2.24) is 4.90 Å². The predicted molar refractivity (Wildman–Crippen MR) is 69.5 cm³/mol. The summed E-state index contributed by atoms with van der Waals surface area (Å²) in [5.74, 6) is 1.32. The maximum absolute atomic E-state index is 10.2. The van der Waals surface area contributed by atoms with E-state index in [-0.39, 0.29) is 6.10 Å². The lowest BCUT2D eigenvalue weighted by molar-refractivity contribution is 0.0623. The van der Waals surface area contributed by atoms with Gasteiger partial charge in [-0.2, -0.15) is 0 Å². The van der Waals surface area contributed by atoms with E-state index >= 15 is 0 Å². The monoisotopic (exact) mass is 227 g/mol. The van der Waals surface area contributed by atoms with Crippen molar-refractivity contribution in [1.29, 1.82) is 0 Å². The summed E-state index contributed by atoms with van der Waals surface area (Å²) in [6, 6.07) is 0. The number of hydrogen-bond acceptors (Lipinski definition) is 2. The Bertz CT molecular complexity index is 178. The molecule has 0 aromatic rings. The Morgan fingerprint density at radius 1 is 1.19 bits per heavy atom. The van der Waals surface area contributed by atoms with Gasteiger partial charge in [0.15, 0.2) is 0 Å². The van der Waals surface area contributed by atoms with Gasteiger partial charge in [0.25, 0.3) is 0 Å². The number of aliphatic hydroxyl groups excluding tert-OH is 1. The fourth-order valence-corrected chi connectivity index (χ4v) is 2.66. The minimum atomic E-state index is -0.0912. The van der Waals surface area contributed by atoms with Crippen molar-refractivity contribution in [3.8, 4) is 0 Å². The Morgan fingerprint density at radius 3 is 2.31 bits per heavy atom. The molecule has 2 unspecified atom stereocenters. The van der Waals surface area contributed by atoms with Crippen LogP contribution in [0.25, 0.3) is 0 Å². The zero-order valence-corrected chi connectivity index (χ0v) is 11.3. The molecule has 1 rings (SSSR count). The summed E-state index contributed by atoms with van der Waals surface area (Å²) in [4.78, 5) is 2.41. The van der Waals surface area contributed by atoms with Gasteiger partial charge in [0, 0.05) is 13.1 Å². The number of rotatable bonds is 7. The molecular formula is C14H29NO. The Balaban J connectivity index is 2.30. The summed E-state index contributed by atoms with van der Waals surface area (Å²) in [7, 11) is 0. The van der Waals surface area contributed by atoms with E-state index in [1.165, 1.54) is 32.1 Å². The highest BCUT2D eigenvalue weighted by Gasteiger charge is 2.24. The molecule has 96 valence electrons. The number of hydrogen-bond donors (Lipinski definition) is 1. The van der Waals surface area contributed by atoms with Crippen LogP contribution in [-0.4, -0.2) is 35.7 Å². The summed E-state index contributed by atoms with van der Waals surface area (Å²) in [5, 5.41) is 10.2. The van der Waals surface area contributed by atoms with E-state index in [1.54, 1.807) is 0 Å². The van der Waals surface area contributed by atoms with Gasteiger partial charge in [-0.05, 0) is 31.2 Å². The first-order chi connectivity index (χ1) is 7.67. The van der Waals surface area contributed by atoms with Crippen LogP contribution in [0.1, 0.15) is 52.9 Å². The highest BCUT2D eigenvalue weighted by molar-refractivity contribution is 4.77. The molecule has 2 atom stereocenters. The van der Waals surface area contributed by atoms with E-state index < -0.39 is 0 Å². The normalized spacial score (nSPS) is 21.6. The van der Waals surface area contributed by atoms with Gasteiger partial charge in [-0.25, -0.2) is 0 Å². The van der Waals surface area contributed by atoms with Crippen LogP contribution in [0.4, 0.5) is 0 Å². The third kappa shape index (κ3) is 4.42. The number of likely N-dealkylation sites (N-methyl/N-ethyl adjacent to an activating group) is 1. The minimum absolute atomic E-state index is 0.0912. The van der Waals surface area contributed by atoms with Gasteiger partial charge in [0.1, 0.15) is 0 Å². The second-order valence-corrected chi connectivity index (χ2v) is 5.48. The smallest absolute Gasteiger partial charge is 0.0695 e. The molecule has 0 aromatic heterocycles. The van der Waals surface area contributed by atoms with E-state index in [9.17, 15) is 5.11 Å². The maximum Gasteiger partial charge on any atom is 0.0695 e. The molecule has 1 N–H and O–H groups in total. The topological polar surface area (TPSA) is 23.5 Å². The third-order valence-electron chi connectivity index (χ3n) is 4.10. The standard InChI is InChI=1S/C14H29NO/c1-4-12(3)10-15(5-2)11-14(16)13-8-6-7-9-13/h12-14,16H,4-11H2,1-3H3. The van der Waals surface area contributed by atoms with Crippen LogP contribution >= 0.6 is 0 Å². The maximum atomic E-state index is 10.2. The summed E-state index contributed by atoms with van der Waals surface area (Å²) in [6.07, 6.45) is 6.25. The number of nitrogens with zero attached hydrogens (tertiary/aromatic N) is 1. The molecular weight excluding hydrogens is 198 g/mol. The lowest BCUT2D eigenvalue weighted by Gasteiger charge is -2.28. The zero-order chi connectivity index (χ0) is 12.0. The highest BCUT2D eigenvalue weighted by atomic mass is 16.3. The lowest BCUT2D eigenvalue weighted by Crippen LogP contribution is -2.38. The molecule has 0 bridgehead atoms. The van der Waals surface area contributed by atoms with Gasteiger partial charge < -0.3 is 10.0 Å². The van der Waals surface area contributed by atoms with Crippen LogP contribution in [0.5, 0.6) is 0 Å². The Labute approximate surface area is 101 Å². The van der Waals surface area contributed by atoms with Gasteiger partial charge >= 0.3 is 0 Å². The highest BCUT2D eigenvalue weighted by Crippen LogP contribution is 2.28. The molecule has 1 saturated carbocycles. The summed E-state index contributed by atoms with van der Waals surface area (Å²) in [5.41, 5.74) is 0. The van der Waals surface area contributed by atoms with Crippen LogP contribution in [-0.2, 0) is 0 Å². The Hall–Kier alpha value is -0.0800. The fraction of sp³-hybridized carbons (Fsp3) is 1.00. The quantitative estimate of drug-likeness (QED) is 0.723. The molecule has 0 aliphatic heterocycles. The first-order valence-corrected chi connectivity index (χ1v) is 7.07. The SMILES string of the molecule is CCC(C)CN(CC)CC(O)C1CCCC1. The fourth-order valence-electron chi connectivity index (χ4n) is 2.66. The molecule has 1 aliphatic carbocycles. The molecule has 0 spiro atoms. The van der Waals surface area contributed by atoms with Crippen molar-refractivity contribution in [3.05, 3.63) is 0 Å². The van der Waals surface area contributed by atoms with E-state index in [0.29, 0.717) is 5.92 Å². The van der Waals surface area contributed by atoms with Gasteiger partial charge in [0.2, 0.25) is 0 Å². The van der Waals surface area contributed by atoms with Crippen LogP contribution in [0, 0.1) is 11.8 Å². The average Bonchev–Trinajstić information content (AvgIpc) is 2.81. The van der Waals surface area contributed by atoms with Crippen LogP contribution in [0.3, 0.4) is 0 Å². The summed E-state index contributed by atoms with van der Waals surface area (Å²) < 4.78 is 0. The van der Waals surface area contributed by atoms with Gasteiger partial charge in [-0.1, -0.05) is 40.0 Å². The first kappa shape index (κ1) is 14.0. The average molecular weight is 227 g/mol. The van der Waals surface area contributed by atoms with E-state index in [4.69, 9.17) is 0 Å². The first-order valence-electron chi connectivity index (χ1n) is 7.07. The molecule has 0 heterocycles. The van der Waals surface area contributed by atoms with Crippen LogP contribution in [0.15, 0.2) is 0 Å². The van der Waals surface area contributed by atoms with Crippen molar-refractivity contribution in [3.63, 3.8) is 0 Å². The summed E-state index contributed by atoms with van der Waals surface area (Å²) >= 11 is 0. The van der Waals surface area contributed by atoms with Crippen molar-refractivity contribution in [2.75, 3.05) is 19.6 Å². The molecule has 0 radical (unpaired) electrons. The predicted octanol–water partition coefficient (Wildman–Crippen LogP) is 2.91.